The first-order valence-corrected chi connectivity index (χ1v) is 10.1. The van der Waals surface area contributed by atoms with Gasteiger partial charge in [0.15, 0.2) is 0 Å². The molecule has 0 aliphatic heterocycles. The van der Waals surface area contributed by atoms with E-state index in [1.54, 1.807) is 20.8 Å². The van der Waals surface area contributed by atoms with Gasteiger partial charge in [-0.2, -0.15) is 0 Å². The fourth-order valence-electron chi connectivity index (χ4n) is 1.54. The minimum Gasteiger partial charge on any atom is -0.393 e. The van der Waals surface area contributed by atoms with Crippen LogP contribution in [0.3, 0.4) is 0 Å². The van der Waals surface area contributed by atoms with E-state index in [2.05, 4.69) is 0 Å². The second kappa shape index (κ2) is 12.7. The summed E-state index contributed by atoms with van der Waals surface area (Å²) in [5.41, 5.74) is -0.757. The molecule has 0 heterocycles. The molecule has 0 aromatic carbocycles. The third-order valence-electron chi connectivity index (χ3n) is 4.95. The van der Waals surface area contributed by atoms with Crippen molar-refractivity contribution in [2.24, 2.45) is 22.7 Å². The summed E-state index contributed by atoms with van der Waals surface area (Å²) in [6.07, 6.45) is 2.02. The third-order valence-corrected chi connectivity index (χ3v) is 4.95. The molecule has 1 atom stereocenters. The maximum atomic E-state index is 11.5. The molecular weight excluding hydrogens is 360 g/mol. The van der Waals surface area contributed by atoms with Gasteiger partial charge in [0.25, 0.3) is 0 Å². The summed E-state index contributed by atoms with van der Waals surface area (Å²) in [4.78, 5) is 45.1. The van der Waals surface area contributed by atoms with Crippen LogP contribution in [-0.4, -0.2) is 23.9 Å². The van der Waals surface area contributed by atoms with Crippen LogP contribution in [0.15, 0.2) is 0 Å². The lowest BCUT2D eigenvalue weighted by Crippen LogP contribution is -2.33. The molecule has 0 saturated carbocycles. The van der Waals surface area contributed by atoms with Gasteiger partial charge in [0.1, 0.15) is 0 Å². The fraction of sp³-hybridized carbons (Fsp3) is 0.818. The number of esters is 4. The van der Waals surface area contributed by atoms with E-state index in [0.29, 0.717) is 25.7 Å². The van der Waals surface area contributed by atoms with Crippen LogP contribution < -0.4 is 0 Å². The number of rotatable bonds is 7. The maximum absolute atomic E-state index is 11.5. The summed E-state index contributed by atoms with van der Waals surface area (Å²) in [6.45, 7) is 18.8. The van der Waals surface area contributed by atoms with Crippen molar-refractivity contribution in [3.63, 3.8) is 0 Å². The lowest BCUT2D eigenvalue weighted by atomic mass is 9.81. The van der Waals surface area contributed by atoms with Crippen LogP contribution >= 0.6 is 0 Å². The molecule has 6 nitrogen and oxygen atoms in total. The monoisotopic (exact) mass is 400 g/mol. The summed E-state index contributed by atoms with van der Waals surface area (Å²) in [7, 11) is 0. The van der Waals surface area contributed by atoms with Gasteiger partial charge < -0.3 is 9.47 Å². The van der Waals surface area contributed by atoms with Crippen molar-refractivity contribution in [2.75, 3.05) is 0 Å². The molecule has 0 N–H and O–H groups in total. The van der Waals surface area contributed by atoms with Crippen molar-refractivity contribution in [3.05, 3.63) is 0 Å². The molecule has 0 amide bonds. The standard InChI is InChI=1S/2C11H20O3/c1-6-7-9(12)14-10(13)8(2)11(3,4)5;1-6-7-9(12)14-10(13)11(4,5)8(2)3/h2*8H,6-7H2,1-5H3. The minimum atomic E-state index is -0.594. The van der Waals surface area contributed by atoms with Crippen molar-refractivity contribution in [1.82, 2.24) is 0 Å². The SMILES string of the molecule is CCCC(=O)OC(=O)C(C)(C)C(C)C.CCCC(=O)OC(=O)C(C)C(C)(C)C. The quantitative estimate of drug-likeness (QED) is 0.438. The Morgan fingerprint density at radius 1 is 0.750 bits per heavy atom. The van der Waals surface area contributed by atoms with Gasteiger partial charge in [-0.1, -0.05) is 55.4 Å². The molecule has 0 fully saturated rings. The van der Waals surface area contributed by atoms with E-state index in [1.807, 2.05) is 48.5 Å². The number of ether oxygens (including phenoxy) is 2. The van der Waals surface area contributed by atoms with Crippen molar-refractivity contribution < 1.29 is 28.7 Å². The Labute approximate surface area is 170 Å². The molecule has 0 aliphatic carbocycles. The van der Waals surface area contributed by atoms with E-state index < -0.39 is 29.3 Å². The zero-order chi connectivity index (χ0) is 22.7. The van der Waals surface area contributed by atoms with E-state index in [9.17, 15) is 19.2 Å². The molecule has 1 unspecified atom stereocenters. The van der Waals surface area contributed by atoms with Crippen LogP contribution in [0.4, 0.5) is 0 Å². The molecule has 0 spiro atoms. The fourth-order valence-corrected chi connectivity index (χ4v) is 1.54. The number of carbonyl (C=O) groups excluding carboxylic acids is 4. The first kappa shape index (κ1) is 28.5. The molecule has 164 valence electrons. The van der Waals surface area contributed by atoms with Gasteiger partial charge in [0.05, 0.1) is 11.3 Å². The summed E-state index contributed by atoms with van der Waals surface area (Å²) in [5.74, 6) is -1.80. The predicted molar refractivity (Wildman–Crippen MR) is 109 cm³/mol. The third kappa shape index (κ3) is 11.2. The van der Waals surface area contributed by atoms with E-state index >= 15 is 0 Å². The Kier molecular flexibility index (Phi) is 12.9. The molecule has 0 rings (SSSR count). The zero-order valence-corrected chi connectivity index (χ0v) is 19.4. The molecule has 6 heteroatoms. The summed E-state index contributed by atoms with van der Waals surface area (Å²) < 4.78 is 9.44. The van der Waals surface area contributed by atoms with Crippen LogP contribution in [0, 0.1) is 22.7 Å². The average molecular weight is 401 g/mol. The largest absolute Gasteiger partial charge is 0.393 e. The molecular formula is C22H40O6. The van der Waals surface area contributed by atoms with Crippen molar-refractivity contribution >= 4 is 23.9 Å². The van der Waals surface area contributed by atoms with Gasteiger partial charge in [-0.3, -0.25) is 19.2 Å². The smallest absolute Gasteiger partial charge is 0.319 e. The van der Waals surface area contributed by atoms with Crippen LogP contribution in [0.5, 0.6) is 0 Å². The van der Waals surface area contributed by atoms with E-state index in [1.165, 1.54) is 0 Å². The number of hydrogen-bond acceptors (Lipinski definition) is 6. The highest BCUT2D eigenvalue weighted by atomic mass is 16.6. The van der Waals surface area contributed by atoms with Crippen molar-refractivity contribution in [2.45, 2.75) is 94.9 Å². The Balaban J connectivity index is 0. The molecule has 0 aromatic heterocycles. The van der Waals surface area contributed by atoms with Crippen LogP contribution in [0.2, 0.25) is 0 Å². The van der Waals surface area contributed by atoms with Crippen LogP contribution in [0.25, 0.3) is 0 Å². The number of carbonyl (C=O) groups is 4. The second-order valence-corrected chi connectivity index (χ2v) is 9.02. The van der Waals surface area contributed by atoms with Crippen LogP contribution in [-0.2, 0) is 28.7 Å². The topological polar surface area (TPSA) is 86.7 Å². The summed E-state index contributed by atoms with van der Waals surface area (Å²) in [6, 6.07) is 0. The minimum absolute atomic E-state index is 0.157. The molecule has 0 saturated heterocycles. The van der Waals surface area contributed by atoms with E-state index in [4.69, 9.17) is 9.47 Å². The van der Waals surface area contributed by atoms with Gasteiger partial charge in [-0.15, -0.1) is 0 Å². The maximum Gasteiger partial charge on any atom is 0.319 e. The summed E-state index contributed by atoms with van der Waals surface area (Å²) >= 11 is 0. The van der Waals surface area contributed by atoms with Crippen LogP contribution in [0.1, 0.15) is 94.9 Å². The first-order chi connectivity index (χ1) is 12.6. The molecule has 0 aromatic rings. The lowest BCUT2D eigenvalue weighted by Gasteiger charge is -2.25. The lowest BCUT2D eigenvalue weighted by molar-refractivity contribution is -0.168. The normalized spacial score (nSPS) is 12.5. The molecule has 0 aliphatic rings. The zero-order valence-electron chi connectivity index (χ0n) is 19.4. The second-order valence-electron chi connectivity index (χ2n) is 9.02. The Hall–Kier alpha value is -1.72. The van der Waals surface area contributed by atoms with Gasteiger partial charge >= 0.3 is 23.9 Å². The van der Waals surface area contributed by atoms with E-state index in [0.717, 1.165) is 0 Å². The van der Waals surface area contributed by atoms with Gasteiger partial charge in [-0.05, 0) is 38.0 Å². The average Bonchev–Trinajstić information content (AvgIpc) is 2.53. The Morgan fingerprint density at radius 2 is 1.14 bits per heavy atom. The van der Waals surface area contributed by atoms with Gasteiger partial charge in [0, 0.05) is 12.8 Å². The summed E-state index contributed by atoms with van der Waals surface area (Å²) in [5, 5.41) is 0. The molecule has 0 radical (unpaired) electrons. The highest BCUT2D eigenvalue weighted by Crippen LogP contribution is 2.28. The van der Waals surface area contributed by atoms with Gasteiger partial charge in [-0.25, -0.2) is 0 Å². The highest BCUT2D eigenvalue weighted by molar-refractivity contribution is 5.88. The van der Waals surface area contributed by atoms with Gasteiger partial charge in [0.2, 0.25) is 0 Å². The predicted octanol–water partition coefficient (Wildman–Crippen LogP) is 5.08. The Morgan fingerprint density at radius 3 is 1.46 bits per heavy atom. The Bertz CT molecular complexity index is 526. The first-order valence-electron chi connectivity index (χ1n) is 10.1. The number of hydrogen-bond donors (Lipinski definition) is 0. The van der Waals surface area contributed by atoms with Crippen molar-refractivity contribution in [1.29, 1.82) is 0 Å². The molecule has 28 heavy (non-hydrogen) atoms. The van der Waals surface area contributed by atoms with E-state index in [-0.39, 0.29) is 17.3 Å². The molecule has 0 bridgehead atoms. The van der Waals surface area contributed by atoms with Crippen molar-refractivity contribution in [3.8, 4) is 0 Å². The highest BCUT2D eigenvalue weighted by Gasteiger charge is 2.34.